The van der Waals surface area contributed by atoms with E-state index in [-0.39, 0.29) is 5.16 Å². The van der Waals surface area contributed by atoms with Crippen molar-refractivity contribution in [3.05, 3.63) is 91.0 Å². The Balaban J connectivity index is 1.72. The van der Waals surface area contributed by atoms with Gasteiger partial charge in [0.15, 0.2) is 9.04 Å². The molecular formula is C36H55OPSi. The van der Waals surface area contributed by atoms with Crippen molar-refractivity contribution in [2.24, 2.45) is 0 Å². The van der Waals surface area contributed by atoms with E-state index in [0.717, 1.165) is 6.61 Å². The fourth-order valence-corrected chi connectivity index (χ4v) is 15.5. The Morgan fingerprint density at radius 1 is 0.513 bits per heavy atom. The zero-order chi connectivity index (χ0) is 28.1. The van der Waals surface area contributed by atoms with Gasteiger partial charge in [0.05, 0.1) is 0 Å². The molecule has 0 saturated heterocycles. The van der Waals surface area contributed by atoms with Crippen LogP contribution in [0.5, 0.6) is 0 Å². The first-order valence-corrected chi connectivity index (χ1v) is 20.8. The molecule has 39 heavy (non-hydrogen) atoms. The molecule has 1 nitrogen and oxygen atoms in total. The molecule has 0 radical (unpaired) electrons. The van der Waals surface area contributed by atoms with Crippen molar-refractivity contribution >= 4 is 31.6 Å². The molecule has 0 N–H and O–H groups in total. The summed E-state index contributed by atoms with van der Waals surface area (Å²) in [6.45, 7) is 10.2. The molecule has 3 aromatic rings. The number of rotatable bonds is 17. The minimum atomic E-state index is -2.81. The first-order valence-electron chi connectivity index (χ1n) is 15.6. The van der Waals surface area contributed by atoms with Gasteiger partial charge >= 0.3 is 216 Å². The summed E-state index contributed by atoms with van der Waals surface area (Å²) < 4.78 is 5.80. The fraction of sp³-hybridized carbons (Fsp3) is 0.500. The van der Waals surface area contributed by atoms with E-state index < -0.39 is 15.6 Å². The molecule has 0 fully saturated rings. The normalized spacial score (nSPS) is 13.3. The second-order valence-corrected chi connectivity index (χ2v) is 21.0. The summed E-state index contributed by atoms with van der Waals surface area (Å²) in [5.41, 5.74) is 0. The van der Waals surface area contributed by atoms with Crippen LogP contribution >= 0.6 is 6.60 Å². The molecule has 0 aromatic heterocycles. The van der Waals surface area contributed by atoms with Gasteiger partial charge in [-0.15, -0.1) is 0 Å². The average Bonchev–Trinajstić information content (AvgIpc) is 2.94. The number of benzene rings is 3. The molecule has 0 unspecified atom stereocenters. The van der Waals surface area contributed by atoms with E-state index >= 15 is 0 Å². The molecule has 0 spiro atoms. The Labute approximate surface area is 242 Å². The Morgan fingerprint density at radius 3 is 1.18 bits per heavy atom. The van der Waals surface area contributed by atoms with Gasteiger partial charge in [-0.1, -0.05) is 0 Å². The maximum atomic E-state index is 5.80. The number of unbranched alkanes of at least 4 members (excludes halogenated alkanes) is 9. The van der Waals surface area contributed by atoms with Crippen LogP contribution in [0.1, 0.15) is 85.0 Å². The van der Waals surface area contributed by atoms with Crippen LogP contribution in [0, 0.1) is 0 Å². The molecule has 3 rings (SSSR count). The summed E-state index contributed by atoms with van der Waals surface area (Å²) in [4.78, 5) is 0. The van der Waals surface area contributed by atoms with Crippen molar-refractivity contribution in [3.63, 3.8) is 0 Å². The van der Waals surface area contributed by atoms with Crippen molar-refractivity contribution in [1.29, 1.82) is 0 Å². The van der Waals surface area contributed by atoms with E-state index in [4.69, 9.17) is 4.43 Å². The molecule has 0 saturated carbocycles. The summed E-state index contributed by atoms with van der Waals surface area (Å²) in [6.07, 6.45) is 14.6. The van der Waals surface area contributed by atoms with E-state index in [9.17, 15) is 0 Å². The Kier molecular flexibility index (Phi) is 12.5. The van der Waals surface area contributed by atoms with Gasteiger partial charge in [-0.05, 0) is 13.1 Å². The van der Waals surface area contributed by atoms with Crippen LogP contribution in [0.2, 0.25) is 13.1 Å². The third kappa shape index (κ3) is 7.32. The number of hydrogen-bond acceptors (Lipinski definition) is 1. The van der Waals surface area contributed by atoms with Crippen LogP contribution in [0.3, 0.4) is 0 Å². The molecule has 0 bridgehead atoms. The third-order valence-corrected chi connectivity index (χ3v) is 18.3. The molecule has 0 amide bonds. The van der Waals surface area contributed by atoms with Crippen LogP contribution in [0.15, 0.2) is 91.0 Å². The number of hydrogen-bond donors (Lipinski definition) is 0. The molecule has 3 heteroatoms. The third-order valence-electron chi connectivity index (χ3n) is 8.91. The summed E-state index contributed by atoms with van der Waals surface area (Å²) in [7, 11) is -0.832. The molecule has 0 aliphatic heterocycles. The van der Waals surface area contributed by atoms with E-state index in [1.165, 1.54) is 86.3 Å². The zero-order valence-corrected chi connectivity index (χ0v) is 27.6. The quantitative estimate of drug-likeness (QED) is 0.0905. The Morgan fingerprint density at radius 2 is 0.846 bits per heavy atom. The van der Waals surface area contributed by atoms with E-state index in [2.05, 4.69) is 125 Å². The fourth-order valence-electron chi connectivity index (χ4n) is 6.87. The van der Waals surface area contributed by atoms with Crippen LogP contribution in [0.4, 0.5) is 0 Å². The summed E-state index contributed by atoms with van der Waals surface area (Å²) in [5.74, 6) is 0. The van der Waals surface area contributed by atoms with Crippen LogP contribution in [-0.2, 0) is 4.43 Å². The van der Waals surface area contributed by atoms with Gasteiger partial charge in [0, 0.05) is 0 Å². The van der Waals surface area contributed by atoms with Crippen molar-refractivity contribution in [1.82, 2.24) is 0 Å². The van der Waals surface area contributed by atoms with E-state index in [1.807, 2.05) is 0 Å². The standard InChI is InChI=1S/C36H55OPSi/c1-36(2,3)38(33-25-17-14-18-26-33,34-27-19-15-20-28-34,35-29-21-16-22-30-35)32-24-13-11-9-7-6-8-10-12-23-31-37-39(4)5/h14-22,25-30,39H,6-13,23-24,31-32H2,1-5H3. The Hall–Kier alpha value is -1.73. The monoisotopic (exact) mass is 562 g/mol. The van der Waals surface area contributed by atoms with Gasteiger partial charge in [-0.3, -0.25) is 0 Å². The maximum absolute atomic E-state index is 5.80. The second-order valence-electron chi connectivity index (χ2n) is 12.7. The summed E-state index contributed by atoms with van der Waals surface area (Å²) in [6, 6.07) is 34.7. The average molecular weight is 563 g/mol. The minimum absolute atomic E-state index is 0.0814. The van der Waals surface area contributed by atoms with Gasteiger partial charge in [0.2, 0.25) is 0 Å². The van der Waals surface area contributed by atoms with Gasteiger partial charge in [0.1, 0.15) is 0 Å². The molecule has 3 aromatic carbocycles. The summed E-state index contributed by atoms with van der Waals surface area (Å²) >= 11 is 0. The van der Waals surface area contributed by atoms with E-state index in [1.54, 1.807) is 0 Å². The zero-order valence-electron chi connectivity index (χ0n) is 25.6. The second kappa shape index (κ2) is 15.3. The Bertz CT molecular complexity index is 960. The van der Waals surface area contributed by atoms with Crippen LogP contribution in [-0.4, -0.2) is 27.0 Å². The molecule has 0 aliphatic rings. The van der Waals surface area contributed by atoms with Gasteiger partial charge in [-0.25, -0.2) is 0 Å². The van der Waals surface area contributed by atoms with Gasteiger partial charge in [-0.2, -0.15) is 0 Å². The first kappa shape index (κ1) is 31.8. The summed E-state index contributed by atoms with van der Waals surface area (Å²) in [5, 5.41) is 4.69. The first-order chi connectivity index (χ1) is 18.8. The van der Waals surface area contributed by atoms with Crippen molar-refractivity contribution < 1.29 is 4.43 Å². The predicted molar refractivity (Wildman–Crippen MR) is 181 cm³/mol. The topological polar surface area (TPSA) is 9.23 Å². The molecule has 214 valence electrons. The van der Waals surface area contributed by atoms with E-state index in [0.29, 0.717) is 0 Å². The molecule has 0 heterocycles. The molecular weight excluding hydrogens is 507 g/mol. The SMILES string of the molecule is C[SiH](C)OCCCCCCCCCCCCP(c1ccccc1)(c1ccccc1)(c1ccccc1)C(C)(C)C. The van der Waals surface area contributed by atoms with Gasteiger partial charge < -0.3 is 4.43 Å². The molecule has 0 aliphatic carbocycles. The van der Waals surface area contributed by atoms with Crippen molar-refractivity contribution in [3.8, 4) is 0 Å². The van der Waals surface area contributed by atoms with Crippen LogP contribution < -0.4 is 15.9 Å². The predicted octanol–water partition coefficient (Wildman–Crippen LogP) is 9.22. The van der Waals surface area contributed by atoms with Crippen molar-refractivity contribution in [2.75, 3.05) is 12.8 Å². The van der Waals surface area contributed by atoms with Crippen LogP contribution in [0.25, 0.3) is 0 Å². The van der Waals surface area contributed by atoms with Crippen molar-refractivity contribution in [2.45, 2.75) is 103 Å². The molecule has 0 atom stereocenters. The van der Waals surface area contributed by atoms with Gasteiger partial charge in [0.25, 0.3) is 0 Å².